The van der Waals surface area contributed by atoms with Gasteiger partial charge in [-0.2, -0.15) is 0 Å². The molecule has 146 valence electrons. The summed E-state index contributed by atoms with van der Waals surface area (Å²) in [5, 5.41) is 1.23. The number of fused-ring (bicyclic) bond motifs is 1. The summed E-state index contributed by atoms with van der Waals surface area (Å²) in [4.78, 5) is 15.3. The Hall–Kier alpha value is -1.73. The molecule has 1 N–H and O–H groups in total. The van der Waals surface area contributed by atoms with Gasteiger partial charge in [-0.05, 0) is 85.0 Å². The number of esters is 1. The van der Waals surface area contributed by atoms with Crippen LogP contribution in [0.25, 0.3) is 22.0 Å². The highest BCUT2D eigenvalue weighted by atomic mass is 127. The molecular formula is C22H21ClINO3. The average molecular weight is 510 g/mol. The molecule has 0 aliphatic heterocycles. The van der Waals surface area contributed by atoms with E-state index in [-0.39, 0.29) is 0 Å². The molecule has 28 heavy (non-hydrogen) atoms. The number of nitrogens with one attached hydrogen (secondary N) is 1. The number of halogens is 2. The summed E-state index contributed by atoms with van der Waals surface area (Å²) in [6, 6.07) is 12.1. The predicted octanol–water partition coefficient (Wildman–Crippen LogP) is 6.59. The van der Waals surface area contributed by atoms with Crippen molar-refractivity contribution in [2.75, 3.05) is 6.61 Å². The third-order valence-electron chi connectivity index (χ3n) is 5.08. The highest BCUT2D eigenvalue weighted by Crippen LogP contribution is 2.39. The van der Waals surface area contributed by atoms with E-state index in [9.17, 15) is 4.79 Å². The molecule has 0 spiro atoms. The average Bonchev–Trinajstić information content (AvgIpc) is 3.31. The molecular weight excluding hydrogens is 489 g/mol. The monoisotopic (exact) mass is 509 g/mol. The van der Waals surface area contributed by atoms with Crippen molar-refractivity contribution in [2.45, 2.75) is 38.7 Å². The molecule has 0 atom stereocenters. The zero-order valence-electron chi connectivity index (χ0n) is 15.6. The van der Waals surface area contributed by atoms with E-state index in [1.54, 1.807) is 6.92 Å². The lowest BCUT2D eigenvalue weighted by Gasteiger charge is -2.14. The van der Waals surface area contributed by atoms with E-state index in [2.05, 4.69) is 39.7 Å². The van der Waals surface area contributed by atoms with Gasteiger partial charge in [0.05, 0.1) is 17.7 Å². The minimum absolute atomic E-state index is 0.294. The Morgan fingerprint density at radius 2 is 1.89 bits per heavy atom. The molecule has 1 aliphatic rings. The highest BCUT2D eigenvalue weighted by Gasteiger charge is 2.22. The molecule has 2 aromatic carbocycles. The number of carbonyl (C=O) groups is 1. The molecule has 3 aromatic rings. The van der Waals surface area contributed by atoms with Gasteiger partial charge in [0.1, 0.15) is 11.4 Å². The lowest BCUT2D eigenvalue weighted by Crippen LogP contribution is -2.10. The summed E-state index contributed by atoms with van der Waals surface area (Å²) in [6.45, 7) is 2.08. The van der Waals surface area contributed by atoms with Crippen LogP contribution in [0.15, 0.2) is 36.4 Å². The van der Waals surface area contributed by atoms with Crippen LogP contribution in [-0.2, 0) is 4.74 Å². The van der Waals surface area contributed by atoms with E-state index >= 15 is 0 Å². The van der Waals surface area contributed by atoms with Crippen molar-refractivity contribution in [1.82, 2.24) is 4.98 Å². The number of hydrogen-bond acceptors (Lipinski definition) is 3. The zero-order valence-corrected chi connectivity index (χ0v) is 18.5. The van der Waals surface area contributed by atoms with Crippen LogP contribution < -0.4 is 4.74 Å². The molecule has 4 rings (SSSR count). The molecule has 0 bridgehead atoms. The SMILES string of the molecule is CCOC(=O)c1[nH]c2ccc(I)c(-c3ccc(OC4CCCC4)cc3)c2c1Cl. The summed E-state index contributed by atoms with van der Waals surface area (Å²) < 4.78 is 12.3. The second-order valence-corrected chi connectivity index (χ2v) is 8.47. The molecule has 1 saturated carbocycles. The van der Waals surface area contributed by atoms with Gasteiger partial charge in [0.25, 0.3) is 0 Å². The van der Waals surface area contributed by atoms with Gasteiger partial charge in [-0.15, -0.1) is 0 Å². The summed E-state index contributed by atoms with van der Waals surface area (Å²) >= 11 is 8.90. The van der Waals surface area contributed by atoms with E-state index in [1.165, 1.54) is 12.8 Å². The highest BCUT2D eigenvalue weighted by molar-refractivity contribution is 14.1. The van der Waals surface area contributed by atoms with Crippen LogP contribution in [0.3, 0.4) is 0 Å². The fourth-order valence-electron chi connectivity index (χ4n) is 3.75. The second kappa shape index (κ2) is 8.33. The lowest BCUT2D eigenvalue weighted by atomic mass is 10.0. The minimum atomic E-state index is -0.440. The van der Waals surface area contributed by atoms with E-state index < -0.39 is 5.97 Å². The summed E-state index contributed by atoms with van der Waals surface area (Å²) in [6.07, 6.45) is 5.10. The van der Waals surface area contributed by atoms with Gasteiger partial charge in [0, 0.05) is 20.0 Å². The summed E-state index contributed by atoms with van der Waals surface area (Å²) in [5.74, 6) is 0.454. The first-order chi connectivity index (χ1) is 13.6. The van der Waals surface area contributed by atoms with Crippen LogP contribution in [0.5, 0.6) is 5.75 Å². The number of rotatable bonds is 5. The molecule has 0 radical (unpaired) electrons. The quantitative estimate of drug-likeness (QED) is 0.312. The number of aromatic nitrogens is 1. The summed E-state index contributed by atoms with van der Waals surface area (Å²) in [7, 11) is 0. The molecule has 0 amide bonds. The largest absolute Gasteiger partial charge is 0.490 e. The number of hydrogen-bond donors (Lipinski definition) is 1. The standard InChI is InChI=1S/C22H21ClINO3/c1-2-27-22(26)21-20(23)19-17(25-21)12-11-16(24)18(19)13-7-9-15(10-8-13)28-14-5-3-4-6-14/h7-12,14,25H,2-6H2,1H3. The molecule has 1 fully saturated rings. The number of benzene rings is 2. The van der Waals surface area contributed by atoms with E-state index in [0.29, 0.717) is 23.4 Å². The van der Waals surface area contributed by atoms with Crippen LogP contribution in [0, 0.1) is 3.57 Å². The Morgan fingerprint density at radius 3 is 2.57 bits per heavy atom. The smallest absolute Gasteiger partial charge is 0.356 e. The van der Waals surface area contributed by atoms with E-state index in [1.807, 2.05) is 24.3 Å². The van der Waals surface area contributed by atoms with Gasteiger partial charge in [-0.3, -0.25) is 0 Å². The minimum Gasteiger partial charge on any atom is -0.490 e. The van der Waals surface area contributed by atoms with Gasteiger partial charge >= 0.3 is 5.97 Å². The lowest BCUT2D eigenvalue weighted by molar-refractivity contribution is 0.0521. The van der Waals surface area contributed by atoms with Crippen LogP contribution in [-0.4, -0.2) is 23.7 Å². The van der Waals surface area contributed by atoms with Crippen molar-refractivity contribution in [3.05, 3.63) is 50.7 Å². The van der Waals surface area contributed by atoms with Crippen LogP contribution in [0.1, 0.15) is 43.1 Å². The van der Waals surface area contributed by atoms with Crippen molar-refractivity contribution >= 4 is 51.1 Å². The first kappa shape index (κ1) is 19.6. The van der Waals surface area contributed by atoms with E-state index in [0.717, 1.165) is 44.2 Å². The Bertz CT molecular complexity index is 1010. The van der Waals surface area contributed by atoms with Crippen molar-refractivity contribution in [3.8, 4) is 16.9 Å². The maximum absolute atomic E-state index is 12.2. The van der Waals surface area contributed by atoms with Gasteiger partial charge in [0.15, 0.2) is 0 Å². The van der Waals surface area contributed by atoms with Crippen LogP contribution in [0.4, 0.5) is 0 Å². The van der Waals surface area contributed by atoms with Gasteiger partial charge < -0.3 is 14.5 Å². The Kier molecular flexibility index (Phi) is 5.83. The normalized spacial score (nSPS) is 14.5. The fraction of sp³-hybridized carbons (Fsp3) is 0.318. The number of aromatic amines is 1. The third kappa shape index (κ3) is 3.74. The fourth-order valence-corrected chi connectivity index (χ4v) is 4.83. The van der Waals surface area contributed by atoms with Gasteiger partial charge in [0.2, 0.25) is 0 Å². The predicted molar refractivity (Wildman–Crippen MR) is 120 cm³/mol. The topological polar surface area (TPSA) is 51.3 Å². The Morgan fingerprint density at radius 1 is 1.18 bits per heavy atom. The Labute approximate surface area is 182 Å². The van der Waals surface area contributed by atoms with Crippen molar-refractivity contribution in [2.24, 2.45) is 0 Å². The molecule has 1 heterocycles. The maximum Gasteiger partial charge on any atom is 0.356 e. The third-order valence-corrected chi connectivity index (χ3v) is 6.36. The van der Waals surface area contributed by atoms with Crippen LogP contribution >= 0.6 is 34.2 Å². The maximum atomic E-state index is 12.2. The van der Waals surface area contributed by atoms with Crippen molar-refractivity contribution in [3.63, 3.8) is 0 Å². The number of H-pyrrole nitrogens is 1. The van der Waals surface area contributed by atoms with E-state index in [4.69, 9.17) is 21.1 Å². The zero-order chi connectivity index (χ0) is 19.7. The van der Waals surface area contributed by atoms with Gasteiger partial charge in [-0.1, -0.05) is 23.7 Å². The molecule has 0 saturated heterocycles. The number of ether oxygens (including phenoxy) is 2. The Balaban J connectivity index is 1.73. The molecule has 0 unspecified atom stereocenters. The van der Waals surface area contributed by atoms with Crippen molar-refractivity contribution in [1.29, 1.82) is 0 Å². The number of carbonyl (C=O) groups excluding carboxylic acids is 1. The summed E-state index contributed by atoms with van der Waals surface area (Å²) in [5.41, 5.74) is 3.14. The molecule has 6 heteroatoms. The van der Waals surface area contributed by atoms with Crippen LogP contribution in [0.2, 0.25) is 5.02 Å². The first-order valence-electron chi connectivity index (χ1n) is 9.52. The molecule has 1 aromatic heterocycles. The van der Waals surface area contributed by atoms with Gasteiger partial charge in [-0.25, -0.2) is 4.79 Å². The molecule has 1 aliphatic carbocycles. The second-order valence-electron chi connectivity index (χ2n) is 6.93. The molecule has 4 nitrogen and oxygen atoms in total. The van der Waals surface area contributed by atoms with Crippen molar-refractivity contribution < 1.29 is 14.3 Å². The first-order valence-corrected chi connectivity index (χ1v) is 11.0.